The molecule has 0 bridgehead atoms. The lowest BCUT2D eigenvalue weighted by atomic mass is 9.88. The standard InChI is InChI=1S/C62H76N6O14/c1-36(2)45(27-44(69)15-11-9-12-20-65-56(71)25-39(5)58(65)73)57(72)64-40(6)51(70)26-41-16-18-42(19-17-41)35-82-62(77)68-49-31-55(53(79-8)29-47(49)60(75)67-34-38(4)24-50(67)61(68)76)81-22-14-10-13-21-80-54-30-48-46(28-52(54)78-7)59(74)66-33-37(3)23-43(66)32-63-48/h16-19,28-34,36,39-40,43,45,50,61,76H,9-15,20-27,35H2,1-8H3,(H,64,72)/t39?,40-,43-,45-,50-,61-/m0/s1. The lowest BCUT2D eigenvalue weighted by molar-refractivity contribution is -0.139. The first-order valence-corrected chi connectivity index (χ1v) is 28.4. The van der Waals surface area contributed by atoms with Crippen LogP contribution in [0, 0.1) is 17.8 Å². The number of carbonyl (C=O) groups is 8. The van der Waals surface area contributed by atoms with Gasteiger partial charge in [0.15, 0.2) is 35.0 Å². The van der Waals surface area contributed by atoms with E-state index in [4.69, 9.17) is 23.7 Å². The molecule has 1 fully saturated rings. The van der Waals surface area contributed by atoms with Gasteiger partial charge in [-0.3, -0.25) is 43.5 Å². The molecular formula is C62H76N6O14. The minimum Gasteiger partial charge on any atom is -0.493 e. The van der Waals surface area contributed by atoms with Gasteiger partial charge in [-0.2, -0.15) is 0 Å². The van der Waals surface area contributed by atoms with Crippen LogP contribution in [0.5, 0.6) is 23.0 Å². The molecule has 1 saturated heterocycles. The van der Waals surface area contributed by atoms with Crippen molar-refractivity contribution < 1.29 is 67.1 Å². The molecule has 3 aromatic carbocycles. The van der Waals surface area contributed by atoms with Gasteiger partial charge in [-0.1, -0.05) is 62.6 Å². The zero-order chi connectivity index (χ0) is 58.9. The maximum absolute atomic E-state index is 14.2. The smallest absolute Gasteiger partial charge is 0.416 e. The lowest BCUT2D eigenvalue weighted by Gasteiger charge is -2.31. The van der Waals surface area contributed by atoms with E-state index in [-0.39, 0.29) is 115 Å². The van der Waals surface area contributed by atoms with Gasteiger partial charge in [0.05, 0.1) is 68.1 Å². The number of Topliss-reactive ketones (excluding diaryl/α,β-unsaturated/α-hetero) is 2. The number of unbranched alkanes of at least 4 members (excludes halogenated alkanes) is 4. The zero-order valence-electron chi connectivity index (χ0n) is 48.2. The number of nitrogens with zero attached hydrogens (tertiary/aromatic N) is 5. The number of amides is 6. The number of anilines is 1. The second-order valence-corrected chi connectivity index (χ2v) is 22.4. The summed E-state index contributed by atoms with van der Waals surface area (Å²) in [5.74, 6) is -1.24. The molecule has 8 rings (SSSR count). The fraction of sp³-hybridized carbons (Fsp3) is 0.500. The number of hydrogen-bond donors (Lipinski definition) is 2. The van der Waals surface area contributed by atoms with E-state index < -0.39 is 36.2 Å². The molecular weight excluding hydrogens is 1050 g/mol. The van der Waals surface area contributed by atoms with Crippen molar-refractivity contribution in [2.45, 2.75) is 150 Å². The van der Waals surface area contributed by atoms with E-state index in [9.17, 15) is 43.5 Å². The molecule has 1 unspecified atom stereocenters. The molecule has 0 spiro atoms. The number of imide groups is 1. The third-order valence-corrected chi connectivity index (χ3v) is 15.7. The molecule has 0 aliphatic carbocycles. The van der Waals surface area contributed by atoms with Gasteiger partial charge in [0.25, 0.3) is 11.8 Å². The fourth-order valence-corrected chi connectivity index (χ4v) is 11.0. The van der Waals surface area contributed by atoms with Crippen LogP contribution in [-0.2, 0) is 41.7 Å². The van der Waals surface area contributed by atoms with Crippen molar-refractivity contribution in [1.29, 1.82) is 0 Å². The number of aliphatic imine (C=N–C) groups is 1. The van der Waals surface area contributed by atoms with Crippen molar-refractivity contribution in [3.63, 3.8) is 0 Å². The highest BCUT2D eigenvalue weighted by atomic mass is 16.6. The third-order valence-electron chi connectivity index (χ3n) is 15.7. The summed E-state index contributed by atoms with van der Waals surface area (Å²) >= 11 is 0. The quantitative estimate of drug-likeness (QED) is 0.0566. The lowest BCUT2D eigenvalue weighted by Crippen LogP contribution is -2.50. The Kier molecular flexibility index (Phi) is 19.7. The number of fused-ring (bicyclic) bond motifs is 4. The first kappa shape index (κ1) is 60.2. The largest absolute Gasteiger partial charge is 0.493 e. The van der Waals surface area contributed by atoms with E-state index in [1.165, 1.54) is 36.2 Å². The molecule has 6 amide bonds. The molecule has 5 aliphatic heterocycles. The van der Waals surface area contributed by atoms with Crippen molar-refractivity contribution in [2.24, 2.45) is 22.7 Å². The van der Waals surface area contributed by atoms with Gasteiger partial charge in [-0.25, -0.2) is 9.69 Å². The monoisotopic (exact) mass is 1130 g/mol. The van der Waals surface area contributed by atoms with Crippen molar-refractivity contribution in [3.05, 3.63) is 94.3 Å². The van der Waals surface area contributed by atoms with Gasteiger partial charge >= 0.3 is 6.09 Å². The average Bonchev–Trinajstić information content (AvgIpc) is 3.01. The highest BCUT2D eigenvalue weighted by Crippen LogP contribution is 2.43. The van der Waals surface area contributed by atoms with Crippen LogP contribution in [0.2, 0.25) is 0 Å². The van der Waals surface area contributed by atoms with E-state index in [1.54, 1.807) is 67.6 Å². The van der Waals surface area contributed by atoms with Gasteiger partial charge in [-0.05, 0) is 94.9 Å². The van der Waals surface area contributed by atoms with E-state index in [2.05, 4.69) is 10.3 Å². The Balaban J connectivity index is 0.826. The predicted octanol–water partition coefficient (Wildman–Crippen LogP) is 8.56. The number of carbonyl (C=O) groups excluding carboxylic acids is 8. The maximum Gasteiger partial charge on any atom is 0.416 e. The van der Waals surface area contributed by atoms with E-state index >= 15 is 0 Å². The van der Waals surface area contributed by atoms with Crippen molar-refractivity contribution in [3.8, 4) is 23.0 Å². The van der Waals surface area contributed by atoms with Crippen LogP contribution in [0.4, 0.5) is 16.2 Å². The minimum atomic E-state index is -1.50. The Hall–Kier alpha value is -7.87. The number of hydrogen-bond acceptors (Lipinski definition) is 15. The Labute approximate surface area is 478 Å². The van der Waals surface area contributed by atoms with Crippen molar-refractivity contribution in [2.75, 3.05) is 38.9 Å². The molecule has 6 atom stereocenters. The van der Waals surface area contributed by atoms with Crippen LogP contribution in [0.25, 0.3) is 0 Å². The van der Waals surface area contributed by atoms with Crippen molar-refractivity contribution >= 4 is 64.8 Å². The van der Waals surface area contributed by atoms with Crippen LogP contribution >= 0.6 is 0 Å². The average molecular weight is 1130 g/mol. The summed E-state index contributed by atoms with van der Waals surface area (Å²) in [5, 5.41) is 14.7. The molecule has 5 heterocycles. The van der Waals surface area contributed by atoms with E-state index in [0.29, 0.717) is 92.0 Å². The predicted molar refractivity (Wildman–Crippen MR) is 304 cm³/mol. The Morgan fingerprint density at radius 1 is 0.744 bits per heavy atom. The summed E-state index contributed by atoms with van der Waals surface area (Å²) in [6.07, 6.45) is 8.32. The SMILES string of the molecule is COc1cc2c(cc1OCCCCCOc1cc3c(cc1OC)C(=O)N1C=C(C)C[C@H]1[C@H](O)N3C(=O)OCc1ccc(CC(=O)[C@H](C)NC(=O)[C@@H](CC(=O)CCCCCN3C(=O)CC(C)C3=O)C(C)C)cc1)N=C[C@@H]1CC(C)=CN1C2=O. The summed E-state index contributed by atoms with van der Waals surface area (Å²) in [5.41, 5.74) is 4.32. The maximum atomic E-state index is 14.2. The molecule has 2 N–H and O–H groups in total. The zero-order valence-corrected chi connectivity index (χ0v) is 48.2. The van der Waals surface area contributed by atoms with Crippen LogP contribution in [-0.4, -0.2) is 132 Å². The van der Waals surface area contributed by atoms with Gasteiger partial charge in [0.2, 0.25) is 17.7 Å². The first-order valence-electron chi connectivity index (χ1n) is 28.4. The van der Waals surface area contributed by atoms with Gasteiger partial charge in [-0.15, -0.1) is 0 Å². The molecule has 5 aliphatic rings. The van der Waals surface area contributed by atoms with Crippen LogP contribution in [0.15, 0.2) is 77.1 Å². The number of ketones is 2. The highest BCUT2D eigenvalue weighted by molar-refractivity contribution is 6.07. The number of nitrogens with one attached hydrogen (secondary N) is 1. The Bertz CT molecular complexity index is 3040. The van der Waals surface area contributed by atoms with Crippen LogP contribution < -0.4 is 29.2 Å². The number of rotatable bonds is 26. The molecule has 20 heteroatoms. The summed E-state index contributed by atoms with van der Waals surface area (Å²) in [4.78, 5) is 116. The highest BCUT2D eigenvalue weighted by Gasteiger charge is 2.45. The molecule has 20 nitrogen and oxygen atoms in total. The second kappa shape index (κ2) is 26.8. The fourth-order valence-electron chi connectivity index (χ4n) is 11.0. The van der Waals surface area contributed by atoms with Gasteiger partial charge < -0.3 is 43.9 Å². The number of aliphatic hydroxyl groups is 1. The van der Waals surface area contributed by atoms with E-state index in [0.717, 1.165) is 22.5 Å². The van der Waals surface area contributed by atoms with E-state index in [1.807, 2.05) is 33.9 Å². The first-order chi connectivity index (χ1) is 39.3. The van der Waals surface area contributed by atoms with Gasteiger partial charge in [0, 0.05) is 74.8 Å². The van der Waals surface area contributed by atoms with Gasteiger partial charge in [0.1, 0.15) is 12.4 Å². The molecule has 0 aromatic heterocycles. The molecule has 0 saturated carbocycles. The number of benzene rings is 3. The van der Waals surface area contributed by atoms with Crippen molar-refractivity contribution in [1.82, 2.24) is 20.0 Å². The number of methoxy groups -OCH3 is 2. The summed E-state index contributed by atoms with van der Waals surface area (Å²) < 4.78 is 29.5. The second-order valence-electron chi connectivity index (χ2n) is 22.4. The minimum absolute atomic E-state index is 0.00289. The number of likely N-dealkylation sites (tertiary alicyclic amines) is 1. The third kappa shape index (κ3) is 13.9. The van der Waals surface area contributed by atoms with Crippen LogP contribution in [0.1, 0.15) is 144 Å². The molecule has 82 heavy (non-hydrogen) atoms. The normalized spacial score (nSPS) is 19.8. The summed E-state index contributed by atoms with van der Waals surface area (Å²) in [7, 11) is 2.97. The number of aliphatic hydroxyl groups excluding tert-OH is 1. The number of ether oxygens (including phenoxy) is 5. The summed E-state index contributed by atoms with van der Waals surface area (Å²) in [6, 6.07) is 11.5. The molecule has 0 radical (unpaired) electrons. The molecule has 3 aromatic rings. The Morgan fingerprint density at radius 2 is 1.37 bits per heavy atom. The van der Waals surface area contributed by atoms with Crippen LogP contribution in [0.3, 0.4) is 0 Å². The topological polar surface area (TPSA) is 240 Å². The summed E-state index contributed by atoms with van der Waals surface area (Å²) in [6.45, 7) is 11.6. The molecule has 438 valence electrons. The Morgan fingerprint density at radius 3 is 2.02 bits per heavy atom.